The number of aliphatic imine (C=N–C) groups is 1. The molecule has 6 nitrogen and oxygen atoms in total. The highest BCUT2D eigenvalue weighted by molar-refractivity contribution is 7.10. The van der Waals surface area contributed by atoms with Crippen LogP contribution in [0.2, 0.25) is 0 Å². The average molecular weight is 310 g/mol. The molecule has 4 rings (SSSR count). The Morgan fingerprint density at radius 1 is 1.27 bits per heavy atom. The number of aryl methyl sites for hydroxylation is 2. The summed E-state index contributed by atoms with van der Waals surface area (Å²) in [6.07, 6.45) is 7.84. The van der Waals surface area contributed by atoms with E-state index in [9.17, 15) is 0 Å². The van der Waals surface area contributed by atoms with Gasteiger partial charge in [0, 0.05) is 18.0 Å². The van der Waals surface area contributed by atoms with Crippen molar-refractivity contribution in [1.29, 1.82) is 0 Å². The molecule has 0 radical (unpaired) electrons. The third-order valence-electron chi connectivity index (χ3n) is 3.43. The van der Waals surface area contributed by atoms with Crippen LogP contribution in [0, 0.1) is 13.8 Å². The Bertz CT molecular complexity index is 917. The number of hydrogen-bond acceptors (Lipinski definition) is 6. The van der Waals surface area contributed by atoms with E-state index in [1.807, 2.05) is 38.5 Å². The van der Waals surface area contributed by atoms with Crippen molar-refractivity contribution in [3.05, 3.63) is 41.6 Å². The molecule has 0 saturated heterocycles. The van der Waals surface area contributed by atoms with Crippen LogP contribution in [0.4, 0.5) is 10.8 Å². The number of allylic oxidation sites excluding steroid dienone is 1. The van der Waals surface area contributed by atoms with Crippen LogP contribution in [0.1, 0.15) is 17.1 Å². The maximum Gasteiger partial charge on any atom is 0.180 e. The van der Waals surface area contributed by atoms with E-state index in [1.165, 1.54) is 11.5 Å². The van der Waals surface area contributed by atoms with Crippen LogP contribution in [0.15, 0.2) is 29.5 Å². The molecular formula is C15H14N6S. The molecule has 7 heteroatoms. The minimum absolute atomic E-state index is 0.734. The largest absolute Gasteiger partial charge is 0.328 e. The van der Waals surface area contributed by atoms with Crippen LogP contribution < -0.4 is 5.32 Å². The maximum atomic E-state index is 4.58. The first kappa shape index (κ1) is 13.1. The van der Waals surface area contributed by atoms with E-state index in [-0.39, 0.29) is 0 Å². The van der Waals surface area contributed by atoms with Gasteiger partial charge in [-0.1, -0.05) is 6.08 Å². The molecule has 110 valence electrons. The minimum atomic E-state index is 0.734. The first-order valence-corrected chi connectivity index (χ1v) is 7.73. The summed E-state index contributed by atoms with van der Waals surface area (Å²) in [6, 6.07) is 2.00. The van der Waals surface area contributed by atoms with E-state index >= 15 is 0 Å². The Hall–Kier alpha value is -2.54. The molecule has 4 heterocycles. The third-order valence-corrected chi connectivity index (χ3v) is 4.22. The summed E-state index contributed by atoms with van der Waals surface area (Å²) in [7, 11) is 0. The highest BCUT2D eigenvalue weighted by atomic mass is 32.1. The van der Waals surface area contributed by atoms with Crippen molar-refractivity contribution in [3.63, 3.8) is 0 Å². The van der Waals surface area contributed by atoms with E-state index in [2.05, 4.69) is 35.1 Å². The fraction of sp³-hybridized carbons (Fsp3) is 0.200. The summed E-state index contributed by atoms with van der Waals surface area (Å²) < 4.78 is 6.34. The van der Waals surface area contributed by atoms with Gasteiger partial charge in [0.1, 0.15) is 5.00 Å². The molecule has 1 aliphatic heterocycles. The summed E-state index contributed by atoms with van der Waals surface area (Å²) in [4.78, 5) is 13.4. The third kappa shape index (κ3) is 2.19. The Kier molecular flexibility index (Phi) is 3.00. The zero-order valence-electron chi connectivity index (χ0n) is 12.2. The number of nitrogens with one attached hydrogen (secondary N) is 1. The van der Waals surface area contributed by atoms with Gasteiger partial charge < -0.3 is 5.32 Å². The monoisotopic (exact) mass is 310 g/mol. The second-order valence-corrected chi connectivity index (χ2v) is 5.98. The molecule has 0 fully saturated rings. The smallest absolute Gasteiger partial charge is 0.180 e. The van der Waals surface area contributed by atoms with E-state index in [4.69, 9.17) is 0 Å². The molecule has 0 bridgehead atoms. The fourth-order valence-electron chi connectivity index (χ4n) is 2.47. The normalized spacial score (nSPS) is 13.8. The topological polar surface area (TPSA) is 67.5 Å². The Morgan fingerprint density at radius 2 is 2.18 bits per heavy atom. The van der Waals surface area contributed by atoms with Gasteiger partial charge in [-0.15, -0.1) is 0 Å². The second-order valence-electron chi connectivity index (χ2n) is 5.18. The van der Waals surface area contributed by atoms with Crippen LogP contribution in [0.25, 0.3) is 11.2 Å². The lowest BCUT2D eigenvalue weighted by Crippen LogP contribution is -2.01. The SMILES string of the molecule is Cc1cc(Nc2nc(C)cn3c(C4=CCN=C4)cnc23)sn1. The lowest BCUT2D eigenvalue weighted by molar-refractivity contribution is 1.06. The maximum absolute atomic E-state index is 4.58. The van der Waals surface area contributed by atoms with Gasteiger partial charge in [0.05, 0.1) is 29.8 Å². The van der Waals surface area contributed by atoms with Crippen LogP contribution in [0.5, 0.6) is 0 Å². The first-order chi connectivity index (χ1) is 10.7. The van der Waals surface area contributed by atoms with Crippen LogP contribution in [-0.4, -0.2) is 31.5 Å². The van der Waals surface area contributed by atoms with Crippen molar-refractivity contribution in [3.8, 4) is 0 Å². The number of rotatable bonds is 3. The molecule has 3 aromatic heterocycles. The molecule has 0 aromatic carbocycles. The van der Waals surface area contributed by atoms with Gasteiger partial charge >= 0.3 is 0 Å². The number of nitrogens with zero attached hydrogens (tertiary/aromatic N) is 5. The van der Waals surface area contributed by atoms with E-state index in [0.29, 0.717) is 0 Å². The molecule has 0 unspecified atom stereocenters. The highest BCUT2D eigenvalue weighted by Gasteiger charge is 2.14. The van der Waals surface area contributed by atoms with E-state index in [0.717, 1.165) is 45.7 Å². The molecule has 0 saturated carbocycles. The summed E-state index contributed by atoms with van der Waals surface area (Å²) in [5, 5.41) is 4.28. The number of imidazole rings is 1. The van der Waals surface area contributed by atoms with Gasteiger partial charge in [0.2, 0.25) is 0 Å². The summed E-state index contributed by atoms with van der Waals surface area (Å²) >= 11 is 1.42. The lowest BCUT2D eigenvalue weighted by atomic mass is 10.2. The molecule has 1 N–H and O–H groups in total. The standard InChI is InChI=1S/C15H14N6S/c1-9-5-13(22-20-9)19-14-15-17-7-12(11-3-4-16-6-11)21(15)8-10(2)18-14/h3,5-8H,4H2,1-2H3,(H,18,19). The van der Waals surface area contributed by atoms with Crippen molar-refractivity contribution < 1.29 is 0 Å². The summed E-state index contributed by atoms with van der Waals surface area (Å²) in [5.41, 5.74) is 4.84. The first-order valence-electron chi connectivity index (χ1n) is 6.96. The highest BCUT2D eigenvalue weighted by Crippen LogP contribution is 2.26. The Labute approximate surface area is 131 Å². The molecule has 3 aromatic rings. The molecule has 22 heavy (non-hydrogen) atoms. The molecule has 0 amide bonds. The van der Waals surface area contributed by atoms with Gasteiger partial charge in [0.25, 0.3) is 0 Å². The van der Waals surface area contributed by atoms with Gasteiger partial charge in [-0.2, -0.15) is 4.37 Å². The van der Waals surface area contributed by atoms with Crippen molar-refractivity contribution in [2.75, 3.05) is 11.9 Å². The number of aromatic nitrogens is 4. The van der Waals surface area contributed by atoms with E-state index in [1.54, 1.807) is 0 Å². The predicted molar refractivity (Wildman–Crippen MR) is 89.2 cm³/mol. The van der Waals surface area contributed by atoms with E-state index < -0.39 is 0 Å². The Balaban J connectivity index is 1.83. The number of hydrogen-bond donors (Lipinski definition) is 1. The zero-order chi connectivity index (χ0) is 15.1. The van der Waals surface area contributed by atoms with Crippen LogP contribution in [0.3, 0.4) is 0 Å². The minimum Gasteiger partial charge on any atom is -0.328 e. The fourth-order valence-corrected chi connectivity index (χ4v) is 3.13. The van der Waals surface area contributed by atoms with Crippen molar-refractivity contribution in [2.24, 2.45) is 4.99 Å². The van der Waals surface area contributed by atoms with Gasteiger partial charge in [-0.05, 0) is 31.4 Å². The predicted octanol–water partition coefficient (Wildman–Crippen LogP) is 3.01. The molecule has 1 aliphatic rings. The Morgan fingerprint density at radius 3 is 2.91 bits per heavy atom. The zero-order valence-corrected chi connectivity index (χ0v) is 13.1. The molecule has 0 aliphatic carbocycles. The number of anilines is 2. The molecule has 0 atom stereocenters. The quantitative estimate of drug-likeness (QED) is 0.807. The number of fused-ring (bicyclic) bond motifs is 1. The van der Waals surface area contributed by atoms with Crippen LogP contribution in [-0.2, 0) is 0 Å². The summed E-state index contributed by atoms with van der Waals surface area (Å²) in [5.74, 6) is 0.741. The van der Waals surface area contributed by atoms with Gasteiger partial charge in [-0.3, -0.25) is 9.39 Å². The van der Waals surface area contributed by atoms with Gasteiger partial charge in [0.15, 0.2) is 11.5 Å². The molecule has 0 spiro atoms. The average Bonchev–Trinajstić information content (AvgIpc) is 3.18. The molecular weight excluding hydrogens is 296 g/mol. The lowest BCUT2D eigenvalue weighted by Gasteiger charge is -2.07. The van der Waals surface area contributed by atoms with Crippen LogP contribution >= 0.6 is 11.5 Å². The second kappa shape index (κ2) is 5.03. The summed E-state index contributed by atoms with van der Waals surface area (Å²) in [6.45, 7) is 4.68. The van der Waals surface area contributed by atoms with Crippen molar-refractivity contribution in [2.45, 2.75) is 13.8 Å². The van der Waals surface area contributed by atoms with Gasteiger partial charge in [-0.25, -0.2) is 9.97 Å². The van der Waals surface area contributed by atoms with Crippen molar-refractivity contribution in [1.82, 2.24) is 18.7 Å². The van der Waals surface area contributed by atoms with Crippen molar-refractivity contribution >= 4 is 39.8 Å².